The van der Waals surface area contributed by atoms with Crippen molar-refractivity contribution in [2.45, 2.75) is 32.4 Å². The molecule has 1 saturated carbocycles. The van der Waals surface area contributed by atoms with Gasteiger partial charge in [-0.25, -0.2) is 4.79 Å². The highest BCUT2D eigenvalue weighted by Crippen LogP contribution is 2.45. The molecule has 4 nitrogen and oxygen atoms in total. The number of fused-ring (bicyclic) bond motifs is 1. The van der Waals surface area contributed by atoms with Gasteiger partial charge in [0.25, 0.3) is 0 Å². The van der Waals surface area contributed by atoms with Crippen molar-refractivity contribution >= 4 is 6.09 Å². The van der Waals surface area contributed by atoms with Gasteiger partial charge in [-0.1, -0.05) is 5.92 Å². The summed E-state index contributed by atoms with van der Waals surface area (Å²) in [6.07, 6.45) is 5.01. The van der Waals surface area contributed by atoms with Crippen LogP contribution in [0.3, 0.4) is 0 Å². The monoisotopic (exact) mass is 236 g/mol. The molecule has 2 aliphatic rings. The lowest BCUT2D eigenvalue weighted by atomic mass is 10.2. The molecule has 0 aromatic carbocycles. The van der Waals surface area contributed by atoms with Gasteiger partial charge in [-0.2, -0.15) is 0 Å². The molecule has 17 heavy (non-hydrogen) atoms. The van der Waals surface area contributed by atoms with E-state index in [1.165, 1.54) is 0 Å². The Morgan fingerprint density at radius 1 is 1.47 bits per heavy atom. The molecule has 2 fully saturated rings. The number of carbonyl (C=O) groups is 1. The van der Waals surface area contributed by atoms with E-state index in [9.17, 15) is 4.79 Å². The lowest BCUT2D eigenvalue weighted by Crippen LogP contribution is -2.39. The number of nitrogens with one attached hydrogen (secondary N) is 1. The number of nitrogens with zero attached hydrogens (tertiary/aromatic N) is 1. The molecule has 0 bridgehead atoms. The average molecular weight is 236 g/mol. The van der Waals surface area contributed by atoms with Gasteiger partial charge in [-0.3, -0.25) is 0 Å². The number of rotatable bonds is 2. The number of terminal acetylenes is 1. The molecule has 0 radical (unpaired) electrons. The number of carbonyl (C=O) groups excluding carboxylic acids is 1. The predicted octanol–water partition coefficient (Wildman–Crippen LogP) is 1.07. The Morgan fingerprint density at radius 3 is 2.53 bits per heavy atom. The summed E-state index contributed by atoms with van der Waals surface area (Å²) in [6, 6.07) is 0.504. The molecule has 4 heteroatoms. The van der Waals surface area contributed by atoms with Gasteiger partial charge in [-0.05, 0) is 32.6 Å². The number of ether oxygens (including phenoxy) is 1. The lowest BCUT2D eigenvalue weighted by molar-refractivity contribution is 0.0269. The Balaban J connectivity index is 1.76. The van der Waals surface area contributed by atoms with Crippen LogP contribution in [0.2, 0.25) is 0 Å². The Kier molecular flexibility index (Phi) is 3.05. The summed E-state index contributed by atoms with van der Waals surface area (Å²) in [5, 5.41) is 3.30. The van der Waals surface area contributed by atoms with Crippen LogP contribution in [0.5, 0.6) is 0 Å². The van der Waals surface area contributed by atoms with Crippen molar-refractivity contribution in [2.24, 2.45) is 11.8 Å². The van der Waals surface area contributed by atoms with Crippen molar-refractivity contribution in [3.63, 3.8) is 0 Å². The van der Waals surface area contributed by atoms with Crippen LogP contribution < -0.4 is 5.32 Å². The van der Waals surface area contributed by atoms with Crippen LogP contribution in [0.4, 0.5) is 4.79 Å². The molecule has 0 aromatic rings. The Morgan fingerprint density at radius 2 is 2.06 bits per heavy atom. The first-order valence-corrected chi connectivity index (χ1v) is 6.07. The van der Waals surface area contributed by atoms with Crippen molar-refractivity contribution in [1.82, 2.24) is 10.2 Å². The van der Waals surface area contributed by atoms with Crippen molar-refractivity contribution < 1.29 is 9.53 Å². The van der Waals surface area contributed by atoms with Crippen LogP contribution in [0.15, 0.2) is 0 Å². The fourth-order valence-electron chi connectivity index (χ4n) is 2.48. The Labute approximate surface area is 103 Å². The third-order valence-corrected chi connectivity index (χ3v) is 3.29. The van der Waals surface area contributed by atoms with E-state index >= 15 is 0 Å². The molecule has 2 rings (SSSR count). The maximum Gasteiger partial charge on any atom is 0.410 e. The summed E-state index contributed by atoms with van der Waals surface area (Å²) >= 11 is 0. The minimum absolute atomic E-state index is 0.194. The van der Waals surface area contributed by atoms with Crippen molar-refractivity contribution in [1.29, 1.82) is 0 Å². The SMILES string of the molecule is C#CCNC1C2CN(C(=O)OC(C)(C)C)CC21. The topological polar surface area (TPSA) is 41.6 Å². The highest BCUT2D eigenvalue weighted by molar-refractivity contribution is 5.69. The van der Waals surface area contributed by atoms with E-state index in [1.54, 1.807) is 4.90 Å². The predicted molar refractivity (Wildman–Crippen MR) is 65.4 cm³/mol. The minimum atomic E-state index is -0.412. The van der Waals surface area contributed by atoms with Crippen LogP contribution >= 0.6 is 0 Å². The number of hydrogen-bond donors (Lipinski definition) is 1. The molecule has 0 aromatic heterocycles. The van der Waals surface area contributed by atoms with Gasteiger partial charge < -0.3 is 15.0 Å². The number of hydrogen-bond acceptors (Lipinski definition) is 3. The molecule has 1 saturated heterocycles. The minimum Gasteiger partial charge on any atom is -0.444 e. The first kappa shape index (κ1) is 12.3. The maximum atomic E-state index is 11.8. The highest BCUT2D eigenvalue weighted by Gasteiger charge is 2.56. The summed E-state index contributed by atoms with van der Waals surface area (Å²) in [7, 11) is 0. The summed E-state index contributed by atoms with van der Waals surface area (Å²) in [4.78, 5) is 13.6. The van der Waals surface area contributed by atoms with Gasteiger partial charge in [0.05, 0.1) is 6.54 Å². The molecular weight excluding hydrogens is 216 g/mol. The average Bonchev–Trinajstić information content (AvgIpc) is 2.67. The first-order chi connectivity index (χ1) is 7.92. The molecule has 1 N–H and O–H groups in total. The third kappa shape index (κ3) is 2.73. The van der Waals surface area contributed by atoms with Gasteiger partial charge >= 0.3 is 6.09 Å². The van der Waals surface area contributed by atoms with Gasteiger partial charge in [0.2, 0.25) is 0 Å². The molecule has 2 unspecified atom stereocenters. The van der Waals surface area contributed by atoms with Crippen LogP contribution in [-0.4, -0.2) is 42.3 Å². The Bertz CT molecular complexity index is 341. The molecule has 0 spiro atoms. The smallest absolute Gasteiger partial charge is 0.410 e. The standard InChI is InChI=1S/C13H20N2O2/c1-5-6-14-11-9-7-15(8-10(9)11)12(16)17-13(2,3)4/h1,9-11,14H,6-8H2,2-4H3. The second-order valence-corrected chi connectivity index (χ2v) is 5.82. The van der Waals surface area contributed by atoms with Crippen LogP contribution in [0.25, 0.3) is 0 Å². The third-order valence-electron chi connectivity index (χ3n) is 3.29. The van der Waals surface area contributed by atoms with Gasteiger partial charge in [0, 0.05) is 19.1 Å². The van der Waals surface area contributed by atoms with Crippen molar-refractivity contribution in [3.05, 3.63) is 0 Å². The number of piperidine rings is 1. The van der Waals surface area contributed by atoms with Gasteiger partial charge in [0.15, 0.2) is 0 Å². The summed E-state index contributed by atoms with van der Waals surface area (Å²) in [6.45, 7) is 7.87. The molecule has 2 atom stereocenters. The van der Waals surface area contributed by atoms with E-state index in [2.05, 4.69) is 11.2 Å². The van der Waals surface area contributed by atoms with Crippen LogP contribution in [-0.2, 0) is 4.74 Å². The summed E-state index contributed by atoms with van der Waals surface area (Å²) < 4.78 is 5.34. The summed E-state index contributed by atoms with van der Waals surface area (Å²) in [5.74, 6) is 3.71. The first-order valence-electron chi connectivity index (χ1n) is 6.07. The summed E-state index contributed by atoms with van der Waals surface area (Å²) in [5.41, 5.74) is -0.412. The second-order valence-electron chi connectivity index (χ2n) is 5.82. The molecular formula is C13H20N2O2. The largest absolute Gasteiger partial charge is 0.444 e. The highest BCUT2D eigenvalue weighted by atomic mass is 16.6. The van der Waals surface area contributed by atoms with Gasteiger partial charge in [-0.15, -0.1) is 6.42 Å². The quantitative estimate of drug-likeness (QED) is 0.729. The van der Waals surface area contributed by atoms with Crippen LogP contribution in [0, 0.1) is 24.2 Å². The lowest BCUT2D eigenvalue weighted by Gasteiger charge is -2.25. The molecule has 1 aliphatic heterocycles. The zero-order valence-electron chi connectivity index (χ0n) is 10.7. The maximum absolute atomic E-state index is 11.8. The molecule has 1 aliphatic carbocycles. The zero-order chi connectivity index (χ0) is 12.6. The normalized spacial score (nSPS) is 30.7. The van der Waals surface area contributed by atoms with Crippen molar-refractivity contribution in [2.75, 3.05) is 19.6 Å². The van der Waals surface area contributed by atoms with E-state index in [4.69, 9.17) is 11.2 Å². The number of likely N-dealkylation sites (tertiary alicyclic amines) is 1. The molecule has 94 valence electrons. The van der Waals surface area contributed by atoms with Crippen molar-refractivity contribution in [3.8, 4) is 12.3 Å². The zero-order valence-corrected chi connectivity index (χ0v) is 10.7. The van der Waals surface area contributed by atoms with E-state index < -0.39 is 5.60 Å². The fraction of sp³-hybridized carbons (Fsp3) is 0.769. The number of amides is 1. The second kappa shape index (κ2) is 4.23. The van der Waals surface area contributed by atoms with E-state index in [0.717, 1.165) is 13.1 Å². The fourth-order valence-corrected chi connectivity index (χ4v) is 2.48. The Hall–Kier alpha value is -1.21. The molecule has 1 amide bonds. The van der Waals surface area contributed by atoms with E-state index in [-0.39, 0.29) is 6.09 Å². The van der Waals surface area contributed by atoms with E-state index in [0.29, 0.717) is 24.4 Å². The molecule has 1 heterocycles. The van der Waals surface area contributed by atoms with Gasteiger partial charge in [0.1, 0.15) is 5.60 Å². The van der Waals surface area contributed by atoms with E-state index in [1.807, 2.05) is 20.8 Å². The van der Waals surface area contributed by atoms with Crippen LogP contribution in [0.1, 0.15) is 20.8 Å².